The number of esters is 2. The Morgan fingerprint density at radius 2 is 1.78 bits per heavy atom. The topological polar surface area (TPSA) is 81.3 Å². The second kappa shape index (κ2) is 10.2. The first-order chi connectivity index (χ1) is 17.5. The van der Waals surface area contributed by atoms with Gasteiger partial charge in [0.1, 0.15) is 5.75 Å². The highest BCUT2D eigenvalue weighted by atomic mass is 35.5. The van der Waals surface area contributed by atoms with Gasteiger partial charge in [-0.25, -0.2) is 9.78 Å². The van der Waals surface area contributed by atoms with Crippen molar-refractivity contribution in [2.24, 2.45) is 0 Å². The predicted octanol–water partition coefficient (Wildman–Crippen LogP) is 6.75. The SMILES string of the molecule is COC(=O)c1ccc(OC(=O)CCCc2c(-c3ccc4ccccc4n3)[nH]c3ccc(Cl)cc23)cc1. The molecule has 1 N–H and O–H groups in total. The molecule has 180 valence electrons. The van der Waals surface area contributed by atoms with Crippen LogP contribution in [-0.4, -0.2) is 29.0 Å². The van der Waals surface area contributed by atoms with Crippen LogP contribution in [0.15, 0.2) is 78.9 Å². The van der Waals surface area contributed by atoms with Crippen molar-refractivity contribution in [3.05, 3.63) is 95.0 Å². The monoisotopic (exact) mass is 498 g/mol. The van der Waals surface area contributed by atoms with Gasteiger partial charge in [0.25, 0.3) is 0 Å². The number of hydrogen-bond donors (Lipinski definition) is 1. The Morgan fingerprint density at radius 1 is 0.972 bits per heavy atom. The van der Waals surface area contributed by atoms with Crippen LogP contribution in [0.3, 0.4) is 0 Å². The maximum atomic E-state index is 12.5. The molecule has 0 fully saturated rings. The summed E-state index contributed by atoms with van der Waals surface area (Å²) in [6.45, 7) is 0. The van der Waals surface area contributed by atoms with Gasteiger partial charge in [0.15, 0.2) is 0 Å². The normalized spacial score (nSPS) is 11.1. The van der Waals surface area contributed by atoms with Crippen LogP contribution in [0.5, 0.6) is 5.75 Å². The lowest BCUT2D eigenvalue weighted by Crippen LogP contribution is -2.08. The predicted molar refractivity (Wildman–Crippen MR) is 140 cm³/mol. The van der Waals surface area contributed by atoms with Crippen LogP contribution in [-0.2, 0) is 16.0 Å². The first-order valence-electron chi connectivity index (χ1n) is 11.6. The highest BCUT2D eigenvalue weighted by molar-refractivity contribution is 6.31. The summed E-state index contributed by atoms with van der Waals surface area (Å²) >= 11 is 6.31. The Morgan fingerprint density at radius 3 is 2.58 bits per heavy atom. The largest absolute Gasteiger partial charge is 0.465 e. The molecule has 36 heavy (non-hydrogen) atoms. The average molecular weight is 499 g/mol. The van der Waals surface area contributed by atoms with Crippen LogP contribution in [0.2, 0.25) is 5.02 Å². The zero-order valence-electron chi connectivity index (χ0n) is 19.6. The Balaban J connectivity index is 1.34. The number of halogens is 1. The molecule has 3 aromatic carbocycles. The van der Waals surface area contributed by atoms with Crippen molar-refractivity contribution in [2.45, 2.75) is 19.3 Å². The van der Waals surface area contributed by atoms with Gasteiger partial charge in [0, 0.05) is 27.7 Å². The van der Waals surface area contributed by atoms with Gasteiger partial charge in [-0.15, -0.1) is 0 Å². The molecule has 5 aromatic rings. The summed E-state index contributed by atoms with van der Waals surface area (Å²) in [4.78, 5) is 32.4. The number of aryl methyl sites for hydroxylation is 1. The van der Waals surface area contributed by atoms with E-state index in [0.29, 0.717) is 29.2 Å². The Labute approximate surface area is 212 Å². The molecule has 0 saturated carbocycles. The number of aromatic amines is 1. The molecule has 0 aliphatic rings. The molecule has 0 saturated heterocycles. The van der Waals surface area contributed by atoms with Crippen LogP contribution in [0.1, 0.15) is 28.8 Å². The number of para-hydroxylation sites is 1. The number of H-pyrrole nitrogens is 1. The number of rotatable bonds is 7. The number of fused-ring (bicyclic) bond motifs is 2. The van der Waals surface area contributed by atoms with E-state index in [4.69, 9.17) is 21.3 Å². The summed E-state index contributed by atoms with van der Waals surface area (Å²) in [5.74, 6) is -0.403. The molecule has 0 spiro atoms. The number of pyridine rings is 1. The fourth-order valence-electron chi connectivity index (χ4n) is 4.27. The minimum absolute atomic E-state index is 0.233. The van der Waals surface area contributed by atoms with Crippen molar-refractivity contribution in [1.82, 2.24) is 9.97 Å². The van der Waals surface area contributed by atoms with Gasteiger partial charge in [0.05, 0.1) is 29.6 Å². The van der Waals surface area contributed by atoms with Crippen molar-refractivity contribution < 1.29 is 19.1 Å². The van der Waals surface area contributed by atoms with Crippen molar-refractivity contribution in [3.8, 4) is 17.1 Å². The van der Waals surface area contributed by atoms with E-state index in [0.717, 1.165) is 38.8 Å². The number of carbonyl (C=O) groups is 2. The van der Waals surface area contributed by atoms with Crippen molar-refractivity contribution in [3.63, 3.8) is 0 Å². The molecule has 7 heteroatoms. The molecule has 2 aromatic heterocycles. The van der Waals surface area contributed by atoms with Crippen LogP contribution in [0.4, 0.5) is 0 Å². The molecule has 0 aliphatic carbocycles. The minimum atomic E-state index is -0.441. The van der Waals surface area contributed by atoms with Crippen LogP contribution in [0.25, 0.3) is 33.2 Å². The molecule has 0 atom stereocenters. The summed E-state index contributed by atoms with van der Waals surface area (Å²) < 4.78 is 10.1. The number of benzene rings is 3. The van der Waals surface area contributed by atoms with Gasteiger partial charge in [0.2, 0.25) is 0 Å². The molecule has 0 bridgehead atoms. The van der Waals surface area contributed by atoms with Gasteiger partial charge in [-0.1, -0.05) is 35.9 Å². The summed E-state index contributed by atoms with van der Waals surface area (Å²) in [5, 5.41) is 2.74. The number of aromatic nitrogens is 2. The van der Waals surface area contributed by atoms with Gasteiger partial charge in [-0.3, -0.25) is 4.79 Å². The van der Waals surface area contributed by atoms with Crippen LogP contribution >= 0.6 is 11.6 Å². The zero-order chi connectivity index (χ0) is 25.1. The lowest BCUT2D eigenvalue weighted by atomic mass is 10.0. The van der Waals surface area contributed by atoms with Gasteiger partial charge in [-0.2, -0.15) is 0 Å². The third kappa shape index (κ3) is 4.95. The van der Waals surface area contributed by atoms with Crippen LogP contribution in [0, 0.1) is 0 Å². The standard InChI is InChI=1S/C29H23ClN2O4/c1-35-29(34)19-9-13-21(14-10-19)36-27(33)8-4-6-22-23-17-20(30)12-16-25(23)32-28(22)26-15-11-18-5-2-3-7-24(18)31-26/h2-3,5,7,9-17,32H,4,6,8H2,1H3. The summed E-state index contributed by atoms with van der Waals surface area (Å²) in [6.07, 6.45) is 1.45. The summed E-state index contributed by atoms with van der Waals surface area (Å²) in [5.41, 5.74) is 5.09. The van der Waals surface area contributed by atoms with Gasteiger partial charge in [-0.05, 0) is 73.0 Å². The number of methoxy groups -OCH3 is 1. The molecule has 0 radical (unpaired) electrons. The lowest BCUT2D eigenvalue weighted by Gasteiger charge is -2.07. The van der Waals surface area contributed by atoms with Gasteiger partial charge >= 0.3 is 11.9 Å². The Kier molecular flexibility index (Phi) is 6.69. The third-order valence-electron chi connectivity index (χ3n) is 6.04. The minimum Gasteiger partial charge on any atom is -0.465 e. The summed E-state index contributed by atoms with van der Waals surface area (Å²) in [6, 6.07) is 24.1. The first-order valence-corrected chi connectivity index (χ1v) is 11.9. The van der Waals surface area contributed by atoms with Gasteiger partial charge < -0.3 is 14.5 Å². The quantitative estimate of drug-likeness (QED) is 0.198. The average Bonchev–Trinajstić information content (AvgIpc) is 3.26. The summed E-state index contributed by atoms with van der Waals surface area (Å²) in [7, 11) is 1.32. The van der Waals surface area contributed by atoms with Crippen molar-refractivity contribution in [1.29, 1.82) is 0 Å². The first kappa shape index (κ1) is 23.6. The molecule has 6 nitrogen and oxygen atoms in total. The highest BCUT2D eigenvalue weighted by Crippen LogP contribution is 2.33. The molecule has 0 unspecified atom stereocenters. The van der Waals surface area contributed by atoms with E-state index in [-0.39, 0.29) is 12.4 Å². The number of hydrogen-bond acceptors (Lipinski definition) is 5. The number of nitrogens with zero attached hydrogens (tertiary/aromatic N) is 1. The lowest BCUT2D eigenvalue weighted by molar-refractivity contribution is -0.134. The van der Waals surface area contributed by atoms with E-state index < -0.39 is 5.97 Å². The Bertz CT molecular complexity index is 1570. The van der Waals surface area contributed by atoms with Crippen LogP contribution < -0.4 is 4.74 Å². The zero-order valence-corrected chi connectivity index (χ0v) is 20.3. The molecule has 2 heterocycles. The smallest absolute Gasteiger partial charge is 0.337 e. The third-order valence-corrected chi connectivity index (χ3v) is 6.27. The molecule has 0 aliphatic heterocycles. The number of ether oxygens (including phenoxy) is 2. The fourth-order valence-corrected chi connectivity index (χ4v) is 4.44. The Hall–Kier alpha value is -4.16. The van der Waals surface area contributed by atoms with Crippen molar-refractivity contribution >= 4 is 45.3 Å². The second-order valence-corrected chi connectivity index (χ2v) is 8.84. The molecule has 0 amide bonds. The molecular weight excluding hydrogens is 476 g/mol. The van der Waals surface area contributed by atoms with E-state index in [1.165, 1.54) is 7.11 Å². The molecular formula is C29H23ClN2O4. The second-order valence-electron chi connectivity index (χ2n) is 8.40. The van der Waals surface area contributed by atoms with E-state index in [1.807, 2.05) is 48.5 Å². The fraction of sp³-hybridized carbons (Fsp3) is 0.138. The number of carbonyl (C=O) groups excluding carboxylic acids is 2. The maximum absolute atomic E-state index is 12.5. The maximum Gasteiger partial charge on any atom is 0.337 e. The van der Waals surface area contributed by atoms with E-state index >= 15 is 0 Å². The number of nitrogens with one attached hydrogen (secondary N) is 1. The van der Waals surface area contributed by atoms with E-state index in [1.54, 1.807) is 24.3 Å². The van der Waals surface area contributed by atoms with Crippen molar-refractivity contribution in [2.75, 3.05) is 7.11 Å². The van der Waals surface area contributed by atoms with E-state index in [9.17, 15) is 9.59 Å². The molecule has 5 rings (SSSR count). The highest BCUT2D eigenvalue weighted by Gasteiger charge is 2.16. The van der Waals surface area contributed by atoms with E-state index in [2.05, 4.69) is 15.8 Å².